The van der Waals surface area contributed by atoms with Crippen molar-refractivity contribution in [2.75, 3.05) is 22.9 Å². The number of aryl methyl sites for hydroxylation is 1. The van der Waals surface area contributed by atoms with Crippen molar-refractivity contribution in [3.8, 4) is 11.3 Å². The smallest absolute Gasteiger partial charge is 0.232 e. The van der Waals surface area contributed by atoms with Gasteiger partial charge in [-0.25, -0.2) is 8.42 Å². The highest BCUT2D eigenvalue weighted by molar-refractivity contribution is 7.92. The number of nitrogens with one attached hydrogen (secondary N) is 1. The first-order chi connectivity index (χ1) is 16.6. The zero-order valence-electron chi connectivity index (χ0n) is 20.2. The molecule has 1 saturated carbocycles. The average Bonchev–Trinajstić information content (AvgIpc) is 3.45. The maximum absolute atomic E-state index is 12.5. The van der Waals surface area contributed by atoms with Crippen LogP contribution in [-0.2, 0) is 34.7 Å². The van der Waals surface area contributed by atoms with E-state index < -0.39 is 10.0 Å². The lowest BCUT2D eigenvalue weighted by Crippen LogP contribution is -2.25. The van der Waals surface area contributed by atoms with Gasteiger partial charge in [0, 0.05) is 50.3 Å². The summed E-state index contributed by atoms with van der Waals surface area (Å²) in [5.41, 5.74) is 6.54. The number of anilines is 3. The maximum Gasteiger partial charge on any atom is 0.232 e. The monoisotopic (exact) mass is 492 g/mol. The summed E-state index contributed by atoms with van der Waals surface area (Å²) < 4.78 is 27.9. The van der Waals surface area contributed by atoms with E-state index in [1.54, 1.807) is 10.7 Å². The van der Waals surface area contributed by atoms with E-state index in [9.17, 15) is 13.2 Å². The van der Waals surface area contributed by atoms with E-state index in [0.717, 1.165) is 41.2 Å². The van der Waals surface area contributed by atoms with E-state index in [2.05, 4.69) is 15.4 Å². The average molecular weight is 493 g/mol. The number of aliphatic imine (C=N–C) groups is 1. The zero-order valence-corrected chi connectivity index (χ0v) is 21.1. The molecule has 3 aromatic rings. The summed E-state index contributed by atoms with van der Waals surface area (Å²) in [6.45, 7) is 1.95. The number of aromatic nitrogens is 3. The van der Waals surface area contributed by atoms with Crippen LogP contribution >= 0.6 is 0 Å². The fourth-order valence-electron chi connectivity index (χ4n) is 4.23. The van der Waals surface area contributed by atoms with E-state index in [1.807, 2.05) is 44.4 Å². The van der Waals surface area contributed by atoms with Gasteiger partial charge in [-0.05, 0) is 44.0 Å². The Morgan fingerprint density at radius 1 is 1.20 bits per heavy atom. The number of hydrogen-bond donors (Lipinski definition) is 1. The molecular weight excluding hydrogens is 464 g/mol. The molecule has 5 rings (SSSR count). The lowest BCUT2D eigenvalue weighted by molar-refractivity contribution is -0.119. The summed E-state index contributed by atoms with van der Waals surface area (Å²) in [5.74, 6) is 0.379. The molecule has 1 aliphatic heterocycles. The molecule has 182 valence electrons. The number of benzene rings is 1. The number of nitrogens with zero attached hydrogens (tertiary/aromatic N) is 5. The van der Waals surface area contributed by atoms with Crippen LogP contribution in [0.1, 0.15) is 31.2 Å². The minimum Gasteiger partial charge on any atom is -0.352 e. The number of rotatable bonds is 8. The number of hydrogen-bond acceptors (Lipinski definition) is 7. The molecule has 10 heteroatoms. The fourth-order valence-corrected chi connectivity index (χ4v) is 4.74. The van der Waals surface area contributed by atoms with Crippen LogP contribution in [0.15, 0.2) is 41.5 Å². The van der Waals surface area contributed by atoms with Crippen LogP contribution in [0.4, 0.5) is 22.7 Å². The van der Waals surface area contributed by atoms with E-state index in [0.29, 0.717) is 35.6 Å². The minimum atomic E-state index is -3.53. The predicted octanol–water partition coefficient (Wildman–Crippen LogP) is 3.79. The molecule has 0 saturated heterocycles. The summed E-state index contributed by atoms with van der Waals surface area (Å²) >= 11 is 0. The predicted molar refractivity (Wildman–Crippen MR) is 137 cm³/mol. The van der Waals surface area contributed by atoms with Gasteiger partial charge in [0.05, 0.1) is 40.4 Å². The quantitative estimate of drug-likeness (QED) is 0.512. The number of carbonyl (C=O) groups excluding carboxylic acids is 1. The van der Waals surface area contributed by atoms with Crippen molar-refractivity contribution in [1.29, 1.82) is 0 Å². The molecule has 2 aromatic heterocycles. The Hall–Kier alpha value is -3.53. The minimum absolute atomic E-state index is 0.161. The fraction of sp³-hybridized carbons (Fsp3) is 0.360. The molecule has 1 N–H and O–H groups in total. The van der Waals surface area contributed by atoms with Gasteiger partial charge in [0.1, 0.15) is 11.5 Å². The van der Waals surface area contributed by atoms with E-state index in [-0.39, 0.29) is 11.7 Å². The van der Waals surface area contributed by atoms with Gasteiger partial charge in [-0.15, -0.1) is 0 Å². The molecule has 2 aliphatic rings. The lowest BCUT2D eigenvalue weighted by atomic mass is 10.1. The van der Waals surface area contributed by atoms with E-state index in [1.165, 1.54) is 17.6 Å². The molecule has 0 amide bonds. The second-order valence-electron chi connectivity index (χ2n) is 9.36. The Bertz CT molecular complexity index is 1470. The Kier molecular flexibility index (Phi) is 5.71. The molecule has 0 bridgehead atoms. The summed E-state index contributed by atoms with van der Waals surface area (Å²) in [4.78, 5) is 21.9. The number of pyridine rings is 1. The lowest BCUT2D eigenvalue weighted by Gasteiger charge is -2.22. The van der Waals surface area contributed by atoms with Crippen LogP contribution in [0.2, 0.25) is 0 Å². The topological polar surface area (TPSA) is 110 Å². The second kappa shape index (κ2) is 8.60. The molecular formula is C25H28N6O3S. The van der Waals surface area contributed by atoms with Gasteiger partial charge in [0.2, 0.25) is 10.0 Å². The number of carbonyl (C=O) groups is 1. The molecule has 1 aliphatic carbocycles. The van der Waals surface area contributed by atoms with Crippen LogP contribution in [0.3, 0.4) is 0 Å². The van der Waals surface area contributed by atoms with Gasteiger partial charge in [-0.3, -0.25) is 23.8 Å². The van der Waals surface area contributed by atoms with Crippen molar-refractivity contribution in [3.63, 3.8) is 0 Å². The van der Waals surface area contributed by atoms with E-state index >= 15 is 0 Å². The van der Waals surface area contributed by atoms with Gasteiger partial charge in [-0.2, -0.15) is 5.10 Å². The first-order valence-electron chi connectivity index (χ1n) is 11.5. The van der Waals surface area contributed by atoms with Crippen molar-refractivity contribution < 1.29 is 13.2 Å². The third kappa shape index (κ3) is 4.84. The van der Waals surface area contributed by atoms with Gasteiger partial charge in [0.25, 0.3) is 0 Å². The summed E-state index contributed by atoms with van der Waals surface area (Å²) in [7, 11) is -0.169. The number of fused-ring (bicyclic) bond motifs is 1. The van der Waals surface area contributed by atoms with E-state index in [4.69, 9.17) is 4.98 Å². The largest absolute Gasteiger partial charge is 0.352 e. The van der Waals surface area contributed by atoms with Crippen LogP contribution in [0, 0.1) is 5.92 Å². The highest BCUT2D eigenvalue weighted by Crippen LogP contribution is 2.40. The summed E-state index contributed by atoms with van der Waals surface area (Å²) in [6.07, 6.45) is 5.85. The highest BCUT2D eigenvalue weighted by atomic mass is 32.2. The van der Waals surface area contributed by atoms with Crippen molar-refractivity contribution >= 4 is 44.3 Å². The second-order valence-corrected chi connectivity index (χ2v) is 11.4. The van der Waals surface area contributed by atoms with Gasteiger partial charge < -0.3 is 5.32 Å². The van der Waals surface area contributed by atoms with Crippen molar-refractivity contribution in [1.82, 2.24) is 14.8 Å². The Labute approximate surface area is 205 Å². The molecule has 9 nitrogen and oxygen atoms in total. The van der Waals surface area contributed by atoms with Crippen LogP contribution in [-0.4, -0.2) is 48.0 Å². The third-order valence-corrected chi connectivity index (χ3v) is 7.54. The first-order valence-corrected chi connectivity index (χ1v) is 13.4. The van der Waals surface area contributed by atoms with Crippen molar-refractivity contribution in [2.45, 2.75) is 32.6 Å². The number of sulfonamides is 1. The van der Waals surface area contributed by atoms with Gasteiger partial charge >= 0.3 is 0 Å². The maximum atomic E-state index is 12.5. The van der Waals surface area contributed by atoms with Gasteiger partial charge in [0.15, 0.2) is 0 Å². The molecule has 0 atom stereocenters. The molecule has 0 spiro atoms. The van der Waals surface area contributed by atoms with Crippen LogP contribution in [0.25, 0.3) is 11.3 Å². The first kappa shape index (κ1) is 23.2. The summed E-state index contributed by atoms with van der Waals surface area (Å²) in [6, 6.07) is 9.28. The van der Waals surface area contributed by atoms with Crippen molar-refractivity contribution in [3.05, 3.63) is 47.9 Å². The highest BCUT2D eigenvalue weighted by Gasteiger charge is 2.30. The zero-order chi connectivity index (χ0) is 24.9. The summed E-state index contributed by atoms with van der Waals surface area (Å²) in [5, 5.41) is 7.84. The van der Waals surface area contributed by atoms with Crippen molar-refractivity contribution in [2.24, 2.45) is 18.0 Å². The Balaban J connectivity index is 1.57. The molecule has 0 unspecified atom stereocenters. The SMILES string of the molecule is CC1=Nc2c(Nc3ccc(-c4ccn(C)n4)cc3N(C)S(C)(=O)=O)cc(CC(=O)C3CC3)nc2C1. The third-order valence-electron chi connectivity index (χ3n) is 6.35. The van der Waals surface area contributed by atoms with Crippen LogP contribution < -0.4 is 9.62 Å². The molecule has 3 heterocycles. The van der Waals surface area contributed by atoms with Gasteiger partial charge in [-0.1, -0.05) is 6.07 Å². The molecule has 1 aromatic carbocycles. The molecule has 0 radical (unpaired) electrons. The normalized spacial score (nSPS) is 15.0. The Morgan fingerprint density at radius 2 is 1.97 bits per heavy atom. The molecule has 1 fully saturated rings. The van der Waals surface area contributed by atoms with Crippen LogP contribution in [0.5, 0.6) is 0 Å². The standard InChI is InChI=1S/C25H28N6O3S/c1-15-11-21-25(26-15)22(13-18(27-21)14-24(32)16-5-6-16)28-20-8-7-17(19-9-10-30(2)29-19)12-23(20)31(3)35(4,33)34/h7-10,12-13,16H,5-6,11,14H2,1-4H3,(H,27,28). The number of Topliss-reactive ketones (excluding diaryl/α,β-unsaturated/α-hetero) is 1. The number of ketones is 1. The molecule has 35 heavy (non-hydrogen) atoms. The Morgan fingerprint density at radius 3 is 2.63 bits per heavy atom.